The summed E-state index contributed by atoms with van der Waals surface area (Å²) in [5, 5.41) is 9.34. The van der Waals surface area contributed by atoms with Crippen molar-refractivity contribution >= 4 is 23.0 Å². The standard InChI is InChI=1S/C22H24N6O/c1-16-14-21(25-24-16)23-22-20-5-3-2-4-17(20)15-28(26-22)19-8-6-18(7-9-19)27-10-12-29-13-11-27/h2-9,14H,10-13,15H2,1H3,(H2,23,24,25,26). The fourth-order valence-electron chi connectivity index (χ4n) is 3.77. The zero-order valence-corrected chi connectivity index (χ0v) is 16.4. The number of hydrogen-bond acceptors (Lipinski definition) is 5. The van der Waals surface area contributed by atoms with Crippen LogP contribution >= 0.6 is 0 Å². The number of H-pyrrole nitrogens is 1. The second-order valence-corrected chi connectivity index (χ2v) is 7.34. The second kappa shape index (κ2) is 7.60. The monoisotopic (exact) mass is 388 g/mol. The SMILES string of the molecule is Cc1cc(N=C2NN(c3ccc(N4CCOCC4)cc3)Cc3ccccc32)n[nH]1. The number of nitrogens with one attached hydrogen (secondary N) is 2. The predicted octanol–water partition coefficient (Wildman–Crippen LogP) is 3.16. The number of aromatic amines is 1. The van der Waals surface area contributed by atoms with Crippen LogP contribution in [0.3, 0.4) is 0 Å². The highest BCUT2D eigenvalue weighted by molar-refractivity contribution is 6.03. The third-order valence-electron chi connectivity index (χ3n) is 5.30. The molecule has 2 aliphatic rings. The number of ether oxygens (including phenoxy) is 1. The van der Waals surface area contributed by atoms with Gasteiger partial charge in [0.2, 0.25) is 0 Å². The minimum Gasteiger partial charge on any atom is -0.378 e. The van der Waals surface area contributed by atoms with Crippen molar-refractivity contribution in [3.8, 4) is 0 Å². The number of aryl methyl sites for hydroxylation is 1. The Hall–Kier alpha value is -3.32. The summed E-state index contributed by atoms with van der Waals surface area (Å²) in [6.45, 7) is 6.20. The lowest BCUT2D eigenvalue weighted by atomic mass is 10.0. The van der Waals surface area contributed by atoms with Crippen LogP contribution in [0.25, 0.3) is 0 Å². The molecule has 0 spiro atoms. The Morgan fingerprint density at radius 3 is 2.52 bits per heavy atom. The quantitative estimate of drug-likeness (QED) is 0.721. The van der Waals surface area contributed by atoms with Gasteiger partial charge in [-0.05, 0) is 36.8 Å². The number of aliphatic imine (C=N–C) groups is 1. The summed E-state index contributed by atoms with van der Waals surface area (Å²) in [6.07, 6.45) is 0. The van der Waals surface area contributed by atoms with Gasteiger partial charge in [0, 0.05) is 36.1 Å². The second-order valence-electron chi connectivity index (χ2n) is 7.34. The number of anilines is 2. The van der Waals surface area contributed by atoms with Gasteiger partial charge in [-0.25, -0.2) is 4.99 Å². The largest absolute Gasteiger partial charge is 0.378 e. The molecule has 3 heterocycles. The van der Waals surface area contributed by atoms with Gasteiger partial charge in [-0.3, -0.25) is 15.5 Å². The molecule has 2 aromatic carbocycles. The van der Waals surface area contributed by atoms with E-state index >= 15 is 0 Å². The van der Waals surface area contributed by atoms with E-state index in [0.717, 1.165) is 55.6 Å². The highest BCUT2D eigenvalue weighted by Crippen LogP contribution is 2.26. The number of hydrogen-bond donors (Lipinski definition) is 2. The first-order chi connectivity index (χ1) is 14.3. The van der Waals surface area contributed by atoms with Gasteiger partial charge in [0.25, 0.3) is 0 Å². The van der Waals surface area contributed by atoms with E-state index in [1.54, 1.807) is 0 Å². The summed E-state index contributed by atoms with van der Waals surface area (Å²) < 4.78 is 5.46. The topological polar surface area (TPSA) is 68.8 Å². The normalized spacial score (nSPS) is 17.9. The Balaban J connectivity index is 1.43. The number of morpholine rings is 1. The van der Waals surface area contributed by atoms with Crippen molar-refractivity contribution in [2.45, 2.75) is 13.5 Å². The van der Waals surface area contributed by atoms with Crippen LogP contribution in [0.1, 0.15) is 16.8 Å². The molecule has 0 atom stereocenters. The van der Waals surface area contributed by atoms with Gasteiger partial charge in [0.05, 0.1) is 25.4 Å². The van der Waals surface area contributed by atoms with E-state index in [0.29, 0.717) is 5.82 Å². The third-order valence-corrected chi connectivity index (χ3v) is 5.30. The summed E-state index contributed by atoms with van der Waals surface area (Å²) >= 11 is 0. The van der Waals surface area contributed by atoms with Crippen LogP contribution in [0, 0.1) is 6.92 Å². The average Bonchev–Trinajstić information content (AvgIpc) is 3.19. The van der Waals surface area contributed by atoms with E-state index in [-0.39, 0.29) is 0 Å². The lowest BCUT2D eigenvalue weighted by Crippen LogP contribution is -2.46. The van der Waals surface area contributed by atoms with Crippen LogP contribution in [0.15, 0.2) is 59.6 Å². The van der Waals surface area contributed by atoms with Gasteiger partial charge in [-0.15, -0.1) is 0 Å². The minimum atomic E-state index is 0.671. The van der Waals surface area contributed by atoms with Crippen molar-refractivity contribution in [1.29, 1.82) is 0 Å². The Morgan fingerprint density at radius 2 is 1.76 bits per heavy atom. The van der Waals surface area contributed by atoms with Crippen LogP contribution in [0.5, 0.6) is 0 Å². The fraction of sp³-hybridized carbons (Fsp3) is 0.273. The highest BCUT2D eigenvalue weighted by Gasteiger charge is 2.22. The molecular formula is C22H24N6O. The number of nitrogens with zero attached hydrogens (tertiary/aromatic N) is 4. The summed E-state index contributed by atoms with van der Waals surface area (Å²) in [7, 11) is 0. The van der Waals surface area contributed by atoms with Crippen LogP contribution in [0.2, 0.25) is 0 Å². The maximum atomic E-state index is 5.46. The number of amidine groups is 1. The molecule has 7 heteroatoms. The van der Waals surface area contributed by atoms with Gasteiger partial charge in [-0.1, -0.05) is 24.3 Å². The summed E-state index contributed by atoms with van der Waals surface area (Å²) in [5.74, 6) is 1.47. The van der Waals surface area contributed by atoms with Crippen LogP contribution in [0.4, 0.5) is 17.2 Å². The Bertz CT molecular complexity index is 1020. The fourth-order valence-corrected chi connectivity index (χ4v) is 3.77. The lowest BCUT2D eigenvalue weighted by Gasteiger charge is -2.33. The average molecular weight is 388 g/mol. The first-order valence-corrected chi connectivity index (χ1v) is 9.92. The Labute approximate surface area is 170 Å². The molecule has 0 amide bonds. The van der Waals surface area contributed by atoms with Crippen molar-refractivity contribution in [3.63, 3.8) is 0 Å². The first kappa shape index (κ1) is 17.8. The number of fused-ring (bicyclic) bond motifs is 1. The molecule has 0 bridgehead atoms. The van der Waals surface area contributed by atoms with Crippen molar-refractivity contribution in [3.05, 3.63) is 71.4 Å². The molecule has 5 rings (SSSR count). The molecule has 148 valence electrons. The van der Waals surface area contributed by atoms with Gasteiger partial charge in [0.1, 0.15) is 0 Å². The molecule has 1 saturated heterocycles. The Kier molecular flexibility index (Phi) is 4.65. The van der Waals surface area contributed by atoms with Crippen LogP contribution < -0.4 is 15.3 Å². The lowest BCUT2D eigenvalue weighted by molar-refractivity contribution is 0.122. The van der Waals surface area contributed by atoms with Crippen molar-refractivity contribution in [2.75, 3.05) is 36.2 Å². The van der Waals surface area contributed by atoms with Crippen molar-refractivity contribution in [1.82, 2.24) is 15.6 Å². The highest BCUT2D eigenvalue weighted by atomic mass is 16.5. The predicted molar refractivity (Wildman–Crippen MR) is 115 cm³/mol. The minimum absolute atomic E-state index is 0.671. The van der Waals surface area contributed by atoms with Gasteiger partial charge < -0.3 is 9.64 Å². The molecule has 0 aliphatic carbocycles. The maximum Gasteiger partial charge on any atom is 0.176 e. The molecule has 1 aromatic heterocycles. The van der Waals surface area contributed by atoms with E-state index in [1.807, 2.05) is 19.1 Å². The van der Waals surface area contributed by atoms with Crippen molar-refractivity contribution < 1.29 is 4.74 Å². The molecule has 29 heavy (non-hydrogen) atoms. The molecule has 1 fully saturated rings. The van der Waals surface area contributed by atoms with Gasteiger partial charge in [-0.2, -0.15) is 5.10 Å². The van der Waals surface area contributed by atoms with E-state index in [2.05, 4.69) is 68.0 Å². The maximum absolute atomic E-state index is 5.46. The summed E-state index contributed by atoms with van der Waals surface area (Å²) in [4.78, 5) is 7.11. The molecule has 0 saturated carbocycles. The molecule has 3 aromatic rings. The summed E-state index contributed by atoms with van der Waals surface area (Å²) in [5.41, 5.74) is 9.14. The van der Waals surface area contributed by atoms with Gasteiger partial charge >= 0.3 is 0 Å². The van der Waals surface area contributed by atoms with Crippen LogP contribution in [-0.2, 0) is 11.3 Å². The number of benzene rings is 2. The molecule has 2 aliphatic heterocycles. The molecule has 0 radical (unpaired) electrons. The van der Waals surface area contributed by atoms with E-state index in [9.17, 15) is 0 Å². The van der Waals surface area contributed by atoms with E-state index in [4.69, 9.17) is 9.73 Å². The molecular weight excluding hydrogens is 364 g/mol. The molecule has 0 unspecified atom stereocenters. The number of aromatic nitrogens is 2. The number of hydrazine groups is 1. The zero-order valence-electron chi connectivity index (χ0n) is 16.4. The molecule has 2 N–H and O–H groups in total. The summed E-state index contributed by atoms with van der Waals surface area (Å²) in [6, 6.07) is 19.0. The van der Waals surface area contributed by atoms with Crippen molar-refractivity contribution in [2.24, 2.45) is 4.99 Å². The smallest absolute Gasteiger partial charge is 0.176 e. The number of rotatable bonds is 3. The van der Waals surface area contributed by atoms with Gasteiger partial charge in [0.15, 0.2) is 11.7 Å². The van der Waals surface area contributed by atoms with E-state index < -0.39 is 0 Å². The van der Waals surface area contributed by atoms with Crippen LogP contribution in [-0.4, -0.2) is 42.3 Å². The zero-order chi connectivity index (χ0) is 19.6. The molecule has 7 nitrogen and oxygen atoms in total. The third kappa shape index (κ3) is 3.69. The first-order valence-electron chi connectivity index (χ1n) is 9.92. The van der Waals surface area contributed by atoms with E-state index in [1.165, 1.54) is 11.3 Å². The Morgan fingerprint density at radius 1 is 1.00 bits per heavy atom.